The van der Waals surface area contributed by atoms with Gasteiger partial charge >= 0.3 is 0 Å². The van der Waals surface area contributed by atoms with Crippen LogP contribution in [0, 0.1) is 12.8 Å². The molecular formula is C19H23N5O4. The smallest absolute Gasteiger partial charge is 0.267 e. The number of carbonyl (C=O) groups excluding carboxylic acids is 2. The number of hydroxylamine groups is 2. The average molecular weight is 385 g/mol. The van der Waals surface area contributed by atoms with Crippen LogP contribution in [0.3, 0.4) is 0 Å². The van der Waals surface area contributed by atoms with Gasteiger partial charge in [0.05, 0.1) is 12.9 Å². The first-order valence-electron chi connectivity index (χ1n) is 9.42. The molecule has 0 bridgehead atoms. The first-order valence-corrected chi connectivity index (χ1v) is 9.42. The lowest BCUT2D eigenvalue weighted by Gasteiger charge is -2.33. The van der Waals surface area contributed by atoms with Gasteiger partial charge in [0, 0.05) is 31.6 Å². The Morgan fingerprint density at radius 1 is 1.25 bits per heavy atom. The van der Waals surface area contributed by atoms with Gasteiger partial charge in [-0.3, -0.25) is 14.4 Å². The zero-order chi connectivity index (χ0) is 19.7. The SMILES string of the molecule is Cc1coc([C@@H]2CCON2C(=O)C2CCN(c3nccc(C(N)=O)n3)CC2)c1. The fourth-order valence-electron chi connectivity index (χ4n) is 3.72. The summed E-state index contributed by atoms with van der Waals surface area (Å²) in [6.45, 7) is 3.71. The molecule has 2 aromatic heterocycles. The molecule has 2 aliphatic heterocycles. The van der Waals surface area contributed by atoms with Crippen LogP contribution in [-0.2, 0) is 9.63 Å². The lowest BCUT2D eigenvalue weighted by Crippen LogP contribution is -2.42. The minimum Gasteiger partial charge on any atom is -0.467 e. The number of rotatable bonds is 4. The van der Waals surface area contributed by atoms with Gasteiger partial charge in [-0.1, -0.05) is 0 Å². The Hall–Kier alpha value is -2.94. The lowest BCUT2D eigenvalue weighted by atomic mass is 9.95. The lowest BCUT2D eigenvalue weighted by molar-refractivity contribution is -0.183. The second kappa shape index (κ2) is 7.59. The van der Waals surface area contributed by atoms with Crippen molar-refractivity contribution in [2.24, 2.45) is 11.7 Å². The Labute approximate surface area is 162 Å². The van der Waals surface area contributed by atoms with Gasteiger partial charge in [-0.15, -0.1) is 0 Å². The summed E-state index contributed by atoms with van der Waals surface area (Å²) in [7, 11) is 0. The molecule has 148 valence electrons. The monoisotopic (exact) mass is 385 g/mol. The standard InChI is InChI=1S/C19H23N5O4/c1-12-10-16(27-11-12)15-5-9-28-24(15)18(26)13-3-7-23(8-4-13)19-21-6-2-14(22-19)17(20)25/h2,6,10-11,13,15H,3-5,7-9H2,1H3,(H2,20,25)/t15-/m0/s1. The number of carbonyl (C=O) groups is 2. The van der Waals surface area contributed by atoms with E-state index in [0.717, 1.165) is 17.7 Å². The molecule has 0 saturated carbocycles. The molecule has 2 aromatic rings. The second-order valence-electron chi connectivity index (χ2n) is 7.20. The molecule has 2 fully saturated rings. The number of anilines is 1. The second-order valence-corrected chi connectivity index (χ2v) is 7.20. The third-order valence-electron chi connectivity index (χ3n) is 5.22. The van der Waals surface area contributed by atoms with E-state index in [0.29, 0.717) is 38.5 Å². The molecule has 2 saturated heterocycles. The molecular weight excluding hydrogens is 362 g/mol. The molecule has 0 aromatic carbocycles. The first-order chi connectivity index (χ1) is 13.5. The number of amides is 2. The van der Waals surface area contributed by atoms with Gasteiger partial charge in [-0.2, -0.15) is 0 Å². The first kappa shape index (κ1) is 18.4. The summed E-state index contributed by atoms with van der Waals surface area (Å²) in [6.07, 6.45) is 5.26. The maximum absolute atomic E-state index is 13.0. The van der Waals surface area contributed by atoms with Crippen LogP contribution in [0.4, 0.5) is 5.95 Å². The number of furan rings is 1. The molecule has 0 spiro atoms. The van der Waals surface area contributed by atoms with Crippen LogP contribution in [-0.4, -0.2) is 46.5 Å². The number of aryl methyl sites for hydroxylation is 1. The zero-order valence-electron chi connectivity index (χ0n) is 15.7. The van der Waals surface area contributed by atoms with E-state index in [1.54, 1.807) is 6.26 Å². The van der Waals surface area contributed by atoms with E-state index in [2.05, 4.69) is 9.97 Å². The van der Waals surface area contributed by atoms with Crippen LogP contribution >= 0.6 is 0 Å². The molecule has 9 nitrogen and oxygen atoms in total. The number of primary amides is 1. The molecule has 9 heteroatoms. The highest BCUT2D eigenvalue weighted by atomic mass is 16.7. The summed E-state index contributed by atoms with van der Waals surface area (Å²) in [5.41, 5.74) is 6.50. The number of aromatic nitrogens is 2. The van der Waals surface area contributed by atoms with Crippen molar-refractivity contribution in [2.75, 3.05) is 24.6 Å². The van der Waals surface area contributed by atoms with Crippen molar-refractivity contribution in [1.29, 1.82) is 0 Å². The molecule has 2 aliphatic rings. The van der Waals surface area contributed by atoms with Crippen molar-refractivity contribution in [2.45, 2.75) is 32.2 Å². The molecule has 4 heterocycles. The Morgan fingerprint density at radius 2 is 2.04 bits per heavy atom. The van der Waals surface area contributed by atoms with Gasteiger partial charge in [0.2, 0.25) is 11.9 Å². The van der Waals surface area contributed by atoms with E-state index >= 15 is 0 Å². The molecule has 28 heavy (non-hydrogen) atoms. The quantitative estimate of drug-likeness (QED) is 0.850. The van der Waals surface area contributed by atoms with Crippen molar-refractivity contribution in [3.8, 4) is 0 Å². The van der Waals surface area contributed by atoms with E-state index in [4.69, 9.17) is 15.0 Å². The van der Waals surface area contributed by atoms with Crippen LogP contribution in [0.15, 0.2) is 29.0 Å². The van der Waals surface area contributed by atoms with Crippen molar-refractivity contribution >= 4 is 17.8 Å². The summed E-state index contributed by atoms with van der Waals surface area (Å²) >= 11 is 0. The van der Waals surface area contributed by atoms with E-state index in [9.17, 15) is 9.59 Å². The van der Waals surface area contributed by atoms with Crippen LogP contribution in [0.1, 0.15) is 47.1 Å². The highest BCUT2D eigenvalue weighted by molar-refractivity contribution is 5.90. The third-order valence-corrected chi connectivity index (χ3v) is 5.22. The minimum atomic E-state index is -0.584. The Morgan fingerprint density at radius 3 is 2.71 bits per heavy atom. The zero-order valence-corrected chi connectivity index (χ0v) is 15.7. The molecule has 0 unspecified atom stereocenters. The summed E-state index contributed by atoms with van der Waals surface area (Å²) in [5.74, 6) is 0.496. The predicted molar refractivity (Wildman–Crippen MR) is 99.1 cm³/mol. The van der Waals surface area contributed by atoms with E-state index < -0.39 is 5.91 Å². The third kappa shape index (κ3) is 3.57. The van der Waals surface area contributed by atoms with Crippen LogP contribution in [0.25, 0.3) is 0 Å². The topological polar surface area (TPSA) is 115 Å². The van der Waals surface area contributed by atoms with Crippen LogP contribution in [0.5, 0.6) is 0 Å². The predicted octanol–water partition coefficient (Wildman–Crippen LogP) is 1.60. The molecule has 0 aliphatic carbocycles. The van der Waals surface area contributed by atoms with Crippen molar-refractivity contribution in [3.63, 3.8) is 0 Å². The van der Waals surface area contributed by atoms with Crippen molar-refractivity contribution < 1.29 is 18.8 Å². The average Bonchev–Trinajstić information content (AvgIpc) is 3.36. The maximum Gasteiger partial charge on any atom is 0.267 e. The summed E-state index contributed by atoms with van der Waals surface area (Å²) in [4.78, 5) is 40.4. The fraction of sp³-hybridized carbons (Fsp3) is 0.474. The summed E-state index contributed by atoms with van der Waals surface area (Å²) < 4.78 is 5.58. The van der Waals surface area contributed by atoms with E-state index in [1.165, 1.54) is 17.3 Å². The van der Waals surface area contributed by atoms with Gasteiger partial charge in [0.1, 0.15) is 17.5 Å². The van der Waals surface area contributed by atoms with Crippen molar-refractivity contribution in [1.82, 2.24) is 15.0 Å². The molecule has 2 N–H and O–H groups in total. The van der Waals surface area contributed by atoms with Gasteiger partial charge in [0.25, 0.3) is 5.91 Å². The Bertz CT molecular complexity index is 875. The van der Waals surface area contributed by atoms with E-state index in [1.807, 2.05) is 17.9 Å². The largest absolute Gasteiger partial charge is 0.467 e. The van der Waals surface area contributed by atoms with Gasteiger partial charge in [0.15, 0.2) is 0 Å². The molecule has 0 radical (unpaired) electrons. The number of hydrogen-bond acceptors (Lipinski definition) is 7. The number of piperidine rings is 1. The summed E-state index contributed by atoms with van der Waals surface area (Å²) in [6, 6.07) is 3.27. The Kier molecular flexibility index (Phi) is 4.99. The maximum atomic E-state index is 13.0. The van der Waals surface area contributed by atoms with Crippen LogP contribution in [0.2, 0.25) is 0 Å². The van der Waals surface area contributed by atoms with Gasteiger partial charge in [-0.05, 0) is 37.5 Å². The van der Waals surface area contributed by atoms with Gasteiger partial charge in [-0.25, -0.2) is 15.0 Å². The highest BCUT2D eigenvalue weighted by Gasteiger charge is 2.38. The Balaban J connectivity index is 1.40. The highest BCUT2D eigenvalue weighted by Crippen LogP contribution is 2.34. The van der Waals surface area contributed by atoms with Crippen molar-refractivity contribution in [3.05, 3.63) is 41.6 Å². The molecule has 1 atom stereocenters. The minimum absolute atomic E-state index is 0.0111. The fourth-order valence-corrected chi connectivity index (χ4v) is 3.72. The van der Waals surface area contributed by atoms with E-state index in [-0.39, 0.29) is 23.6 Å². The van der Waals surface area contributed by atoms with Gasteiger partial charge < -0.3 is 15.1 Å². The molecule has 2 amide bonds. The number of nitrogens with zero attached hydrogens (tertiary/aromatic N) is 4. The number of hydrogen-bond donors (Lipinski definition) is 1. The van der Waals surface area contributed by atoms with Crippen LogP contribution < -0.4 is 10.6 Å². The number of nitrogens with two attached hydrogens (primary N) is 1. The normalized spacial score (nSPS) is 20.5. The molecule has 4 rings (SSSR count). The summed E-state index contributed by atoms with van der Waals surface area (Å²) in [5, 5.41) is 1.49.